The third-order valence-corrected chi connectivity index (χ3v) is 5.96. The first-order chi connectivity index (χ1) is 15.0. The molecule has 0 saturated heterocycles. The second kappa shape index (κ2) is 11.5. The summed E-state index contributed by atoms with van der Waals surface area (Å²) in [5.41, 5.74) is 3.30. The first-order valence-electron chi connectivity index (χ1n) is 11.1. The monoisotopic (exact) mass is 502 g/mol. The molecule has 1 atom stereocenters. The van der Waals surface area contributed by atoms with Crippen LogP contribution in [0.2, 0.25) is 0 Å². The number of benzene rings is 2. The Morgan fingerprint density at radius 2 is 1.78 bits per heavy atom. The highest BCUT2D eigenvalue weighted by atomic mass is 79.9. The number of aryl methyl sites for hydroxylation is 1. The number of rotatable bonds is 9. The summed E-state index contributed by atoms with van der Waals surface area (Å²) >= 11 is 3.55. The fraction of sp³-hybridized carbons (Fsp3) is 0.462. The SMILES string of the molecule is CCCNC(=O)[C@H](C)N(Cc1ccc(C)cc1)C(=O)COc1ccc(C(C)(C)C)cc1Br. The van der Waals surface area contributed by atoms with Crippen molar-refractivity contribution in [3.63, 3.8) is 0 Å². The predicted octanol–water partition coefficient (Wildman–Crippen LogP) is 5.38. The lowest BCUT2D eigenvalue weighted by molar-refractivity contribution is -0.142. The van der Waals surface area contributed by atoms with Crippen molar-refractivity contribution < 1.29 is 14.3 Å². The smallest absolute Gasteiger partial charge is 0.261 e. The minimum Gasteiger partial charge on any atom is -0.483 e. The van der Waals surface area contributed by atoms with E-state index in [9.17, 15) is 9.59 Å². The molecule has 32 heavy (non-hydrogen) atoms. The van der Waals surface area contributed by atoms with Crippen LogP contribution in [0.4, 0.5) is 0 Å². The van der Waals surface area contributed by atoms with Gasteiger partial charge in [0.15, 0.2) is 6.61 Å². The molecule has 0 aromatic heterocycles. The molecule has 0 aliphatic carbocycles. The fourth-order valence-electron chi connectivity index (χ4n) is 3.18. The molecule has 2 aromatic rings. The topological polar surface area (TPSA) is 58.6 Å². The Labute approximate surface area is 200 Å². The van der Waals surface area contributed by atoms with Gasteiger partial charge in [0, 0.05) is 13.1 Å². The molecule has 0 unspecified atom stereocenters. The summed E-state index contributed by atoms with van der Waals surface area (Å²) in [5, 5.41) is 2.88. The maximum absolute atomic E-state index is 13.2. The van der Waals surface area contributed by atoms with Crippen molar-refractivity contribution in [3.8, 4) is 5.75 Å². The highest BCUT2D eigenvalue weighted by Gasteiger charge is 2.26. The molecule has 0 fully saturated rings. The normalized spacial score (nSPS) is 12.2. The summed E-state index contributed by atoms with van der Waals surface area (Å²) in [4.78, 5) is 27.3. The molecule has 5 nitrogen and oxygen atoms in total. The van der Waals surface area contributed by atoms with Crippen LogP contribution in [0.3, 0.4) is 0 Å². The summed E-state index contributed by atoms with van der Waals surface area (Å²) < 4.78 is 6.65. The van der Waals surface area contributed by atoms with E-state index in [1.54, 1.807) is 11.8 Å². The first-order valence-corrected chi connectivity index (χ1v) is 11.9. The average Bonchev–Trinajstić information content (AvgIpc) is 2.74. The third-order valence-electron chi connectivity index (χ3n) is 5.34. The quantitative estimate of drug-likeness (QED) is 0.500. The van der Waals surface area contributed by atoms with Crippen LogP contribution in [0.25, 0.3) is 0 Å². The van der Waals surface area contributed by atoms with Crippen molar-refractivity contribution in [2.75, 3.05) is 13.2 Å². The van der Waals surface area contributed by atoms with E-state index < -0.39 is 6.04 Å². The Bertz CT molecular complexity index is 920. The lowest BCUT2D eigenvalue weighted by atomic mass is 9.87. The maximum atomic E-state index is 13.2. The molecular formula is C26H35BrN2O3. The number of nitrogens with zero attached hydrogens (tertiary/aromatic N) is 1. The van der Waals surface area contributed by atoms with Gasteiger partial charge in [0.25, 0.3) is 5.91 Å². The van der Waals surface area contributed by atoms with E-state index in [-0.39, 0.29) is 23.8 Å². The Morgan fingerprint density at radius 3 is 2.34 bits per heavy atom. The summed E-state index contributed by atoms with van der Waals surface area (Å²) in [6.07, 6.45) is 0.839. The molecular weight excluding hydrogens is 468 g/mol. The van der Waals surface area contributed by atoms with Crippen LogP contribution >= 0.6 is 15.9 Å². The van der Waals surface area contributed by atoms with Crippen molar-refractivity contribution in [1.82, 2.24) is 10.2 Å². The fourth-order valence-corrected chi connectivity index (χ4v) is 3.67. The Kier molecular flexibility index (Phi) is 9.32. The Morgan fingerprint density at radius 1 is 1.12 bits per heavy atom. The molecule has 0 spiro atoms. The molecule has 2 amide bonds. The molecule has 0 heterocycles. The van der Waals surface area contributed by atoms with Crippen molar-refractivity contribution in [1.29, 1.82) is 0 Å². The van der Waals surface area contributed by atoms with Gasteiger partial charge in [-0.2, -0.15) is 0 Å². The van der Waals surface area contributed by atoms with Gasteiger partial charge in [0.05, 0.1) is 4.47 Å². The molecule has 0 aliphatic rings. The van der Waals surface area contributed by atoms with Crippen LogP contribution in [0.5, 0.6) is 5.75 Å². The summed E-state index contributed by atoms with van der Waals surface area (Å²) in [5.74, 6) is 0.198. The van der Waals surface area contributed by atoms with Crippen LogP contribution < -0.4 is 10.1 Å². The van der Waals surface area contributed by atoms with Crippen molar-refractivity contribution in [2.24, 2.45) is 0 Å². The van der Waals surface area contributed by atoms with E-state index in [1.807, 2.05) is 56.3 Å². The number of carbonyl (C=O) groups is 2. The number of ether oxygens (including phenoxy) is 1. The summed E-state index contributed by atoms with van der Waals surface area (Å²) in [7, 11) is 0. The van der Waals surface area contributed by atoms with Gasteiger partial charge < -0.3 is 15.0 Å². The zero-order valence-electron chi connectivity index (χ0n) is 20.0. The predicted molar refractivity (Wildman–Crippen MR) is 133 cm³/mol. The van der Waals surface area contributed by atoms with Crippen LogP contribution in [-0.2, 0) is 21.5 Å². The molecule has 0 radical (unpaired) electrons. The van der Waals surface area contributed by atoms with E-state index in [1.165, 1.54) is 5.56 Å². The molecule has 0 aliphatic heterocycles. The van der Waals surface area contributed by atoms with Gasteiger partial charge in [0.2, 0.25) is 5.91 Å². The van der Waals surface area contributed by atoms with Crippen molar-refractivity contribution in [3.05, 3.63) is 63.6 Å². The average molecular weight is 503 g/mol. The van der Waals surface area contributed by atoms with Gasteiger partial charge >= 0.3 is 0 Å². The van der Waals surface area contributed by atoms with Gasteiger partial charge in [-0.05, 0) is 64.9 Å². The Balaban J connectivity index is 2.16. The van der Waals surface area contributed by atoms with E-state index >= 15 is 0 Å². The van der Waals surface area contributed by atoms with Crippen molar-refractivity contribution in [2.45, 2.75) is 66.0 Å². The molecule has 0 bridgehead atoms. The molecule has 1 N–H and O–H groups in total. The number of halogens is 1. The molecule has 174 valence electrons. The lowest BCUT2D eigenvalue weighted by Gasteiger charge is -2.29. The van der Waals surface area contributed by atoms with E-state index in [0.717, 1.165) is 22.0 Å². The molecule has 2 aromatic carbocycles. The lowest BCUT2D eigenvalue weighted by Crippen LogP contribution is -2.49. The number of hydrogen-bond acceptors (Lipinski definition) is 3. The van der Waals surface area contributed by atoms with E-state index in [0.29, 0.717) is 18.8 Å². The van der Waals surface area contributed by atoms with Gasteiger partial charge in [-0.25, -0.2) is 0 Å². The minimum absolute atomic E-state index is 0.0169. The molecule has 2 rings (SSSR count). The number of amides is 2. The second-order valence-electron chi connectivity index (χ2n) is 9.16. The third kappa shape index (κ3) is 7.37. The minimum atomic E-state index is -0.606. The molecule has 0 saturated carbocycles. The van der Waals surface area contributed by atoms with Crippen LogP contribution in [-0.4, -0.2) is 35.9 Å². The van der Waals surface area contributed by atoms with Crippen LogP contribution in [0.1, 0.15) is 57.7 Å². The van der Waals surface area contributed by atoms with E-state index in [2.05, 4.69) is 42.0 Å². The van der Waals surface area contributed by atoms with Crippen LogP contribution in [0, 0.1) is 6.92 Å². The second-order valence-corrected chi connectivity index (χ2v) is 10.0. The highest BCUT2D eigenvalue weighted by molar-refractivity contribution is 9.10. The number of hydrogen-bond donors (Lipinski definition) is 1. The number of carbonyl (C=O) groups excluding carboxylic acids is 2. The van der Waals surface area contributed by atoms with Gasteiger partial charge in [-0.3, -0.25) is 9.59 Å². The van der Waals surface area contributed by atoms with Gasteiger partial charge in [-0.15, -0.1) is 0 Å². The summed E-state index contributed by atoms with van der Waals surface area (Å²) in [6.45, 7) is 13.0. The maximum Gasteiger partial charge on any atom is 0.261 e. The van der Waals surface area contributed by atoms with E-state index in [4.69, 9.17) is 4.74 Å². The van der Waals surface area contributed by atoms with Gasteiger partial charge in [-0.1, -0.05) is 63.6 Å². The van der Waals surface area contributed by atoms with Gasteiger partial charge in [0.1, 0.15) is 11.8 Å². The Hall–Kier alpha value is -2.34. The van der Waals surface area contributed by atoms with Crippen molar-refractivity contribution >= 4 is 27.7 Å². The zero-order chi connectivity index (χ0) is 23.9. The first kappa shape index (κ1) is 25.9. The largest absolute Gasteiger partial charge is 0.483 e. The van der Waals surface area contributed by atoms with Crippen LogP contribution in [0.15, 0.2) is 46.9 Å². The zero-order valence-corrected chi connectivity index (χ0v) is 21.6. The summed E-state index contributed by atoms with van der Waals surface area (Å²) in [6, 6.07) is 13.3. The number of nitrogens with one attached hydrogen (secondary N) is 1. The molecule has 6 heteroatoms. The standard InChI is InChI=1S/C26H35BrN2O3/c1-7-14-28-25(31)19(3)29(16-20-10-8-18(2)9-11-20)24(30)17-32-23-13-12-21(15-22(23)27)26(4,5)6/h8-13,15,19H,7,14,16-17H2,1-6H3,(H,28,31)/t19-/m0/s1. The highest BCUT2D eigenvalue weighted by Crippen LogP contribution is 2.31.